The number of benzene rings is 2. The average Bonchev–Trinajstić information content (AvgIpc) is 3.15. The van der Waals surface area contributed by atoms with Gasteiger partial charge in [-0.3, -0.25) is 9.59 Å². The molecule has 27 heavy (non-hydrogen) atoms. The number of hydrogen-bond donors (Lipinski definition) is 1. The highest BCUT2D eigenvalue weighted by Crippen LogP contribution is 2.37. The van der Waals surface area contributed by atoms with Crippen molar-refractivity contribution in [1.82, 2.24) is 9.36 Å². The van der Waals surface area contributed by atoms with Crippen LogP contribution < -0.4 is 5.32 Å². The summed E-state index contributed by atoms with van der Waals surface area (Å²) in [6.45, 7) is 1.51. The third-order valence-electron chi connectivity index (χ3n) is 3.69. The maximum absolute atomic E-state index is 13.0. The standard InChI is InChI=1S/C19H17N3O2S3/c1-12(23)13-8-10-15(11-9-13)20-17(24)16(14-6-4-3-5-7-14)26-19-21-18(25-2)22-27-19/h3-11,16H,1-2H3,(H,20,24). The Morgan fingerprint density at radius 1 is 1.07 bits per heavy atom. The van der Waals surface area contributed by atoms with Crippen LogP contribution >= 0.6 is 35.1 Å². The number of amides is 1. The Labute approximate surface area is 170 Å². The minimum Gasteiger partial charge on any atom is -0.325 e. The van der Waals surface area contributed by atoms with Gasteiger partial charge in [0.15, 0.2) is 10.1 Å². The molecule has 3 rings (SSSR count). The first-order valence-corrected chi connectivity index (χ1v) is 11.0. The molecule has 3 aromatic rings. The predicted molar refractivity (Wildman–Crippen MR) is 112 cm³/mol. The maximum atomic E-state index is 13.0. The number of nitrogens with one attached hydrogen (secondary N) is 1. The lowest BCUT2D eigenvalue weighted by molar-refractivity contribution is -0.115. The molecule has 5 nitrogen and oxygen atoms in total. The predicted octanol–water partition coefficient (Wildman–Crippen LogP) is 4.93. The van der Waals surface area contributed by atoms with Crippen molar-refractivity contribution < 1.29 is 9.59 Å². The molecule has 1 N–H and O–H groups in total. The van der Waals surface area contributed by atoms with Crippen molar-refractivity contribution in [2.45, 2.75) is 21.7 Å². The van der Waals surface area contributed by atoms with E-state index in [2.05, 4.69) is 14.7 Å². The van der Waals surface area contributed by atoms with Gasteiger partial charge >= 0.3 is 0 Å². The summed E-state index contributed by atoms with van der Waals surface area (Å²) in [5, 5.41) is 3.17. The minimum atomic E-state index is -0.457. The first-order valence-electron chi connectivity index (χ1n) is 8.08. The van der Waals surface area contributed by atoms with E-state index in [9.17, 15) is 9.59 Å². The Hall–Kier alpha value is -2.16. The van der Waals surface area contributed by atoms with E-state index in [0.29, 0.717) is 16.4 Å². The molecule has 0 aliphatic carbocycles. The van der Waals surface area contributed by atoms with E-state index in [1.54, 1.807) is 24.3 Å². The van der Waals surface area contributed by atoms with Crippen LogP contribution in [0.2, 0.25) is 0 Å². The maximum Gasteiger partial charge on any atom is 0.242 e. The summed E-state index contributed by atoms with van der Waals surface area (Å²) in [6, 6.07) is 16.5. The van der Waals surface area contributed by atoms with Gasteiger partial charge in [-0.1, -0.05) is 53.9 Å². The monoisotopic (exact) mass is 415 g/mol. The molecule has 1 heterocycles. The number of rotatable bonds is 7. The SMILES string of the molecule is CSc1nsc(SC(C(=O)Nc2ccc(C(C)=O)cc2)c2ccccc2)n1. The van der Waals surface area contributed by atoms with E-state index in [-0.39, 0.29) is 11.7 Å². The molecule has 0 aliphatic heterocycles. The molecule has 138 valence electrons. The van der Waals surface area contributed by atoms with Crippen molar-refractivity contribution in [2.24, 2.45) is 0 Å². The van der Waals surface area contributed by atoms with Crippen LogP contribution in [0.15, 0.2) is 64.1 Å². The quantitative estimate of drug-likeness (QED) is 0.435. The Balaban J connectivity index is 1.81. The summed E-state index contributed by atoms with van der Waals surface area (Å²) < 4.78 is 5.01. The van der Waals surface area contributed by atoms with Crippen LogP contribution in [0.25, 0.3) is 0 Å². The summed E-state index contributed by atoms with van der Waals surface area (Å²) in [5.41, 5.74) is 2.15. The lowest BCUT2D eigenvalue weighted by atomic mass is 10.1. The summed E-state index contributed by atoms with van der Waals surface area (Å²) >= 11 is 4.14. The lowest BCUT2D eigenvalue weighted by Gasteiger charge is -2.15. The molecular formula is C19H17N3O2S3. The second-order valence-electron chi connectivity index (χ2n) is 5.58. The molecule has 0 saturated heterocycles. The first kappa shape index (κ1) is 19.6. The van der Waals surface area contributed by atoms with Gasteiger partial charge in [0.1, 0.15) is 5.25 Å². The van der Waals surface area contributed by atoms with Crippen LogP contribution in [0.4, 0.5) is 5.69 Å². The second-order valence-corrected chi connectivity index (χ2v) is 8.46. The number of nitrogens with zero attached hydrogens (tertiary/aromatic N) is 2. The van der Waals surface area contributed by atoms with Gasteiger partial charge in [-0.05, 0) is 54.5 Å². The molecule has 1 amide bonds. The minimum absolute atomic E-state index is 0.00791. The fraction of sp³-hybridized carbons (Fsp3) is 0.158. The Morgan fingerprint density at radius 2 is 1.78 bits per heavy atom. The smallest absolute Gasteiger partial charge is 0.242 e. The molecule has 8 heteroatoms. The molecule has 1 aromatic heterocycles. The molecule has 1 atom stereocenters. The summed E-state index contributed by atoms with van der Waals surface area (Å²) in [6.07, 6.45) is 1.92. The molecule has 0 aliphatic rings. The molecular weight excluding hydrogens is 398 g/mol. The van der Waals surface area contributed by atoms with Crippen LogP contribution in [0, 0.1) is 0 Å². The summed E-state index contributed by atoms with van der Waals surface area (Å²) in [7, 11) is 0. The van der Waals surface area contributed by atoms with Crippen molar-refractivity contribution >= 4 is 52.4 Å². The van der Waals surface area contributed by atoms with Crippen molar-refractivity contribution in [2.75, 3.05) is 11.6 Å². The fourth-order valence-electron chi connectivity index (χ4n) is 2.33. The number of hydrogen-bond acceptors (Lipinski definition) is 7. The number of aromatic nitrogens is 2. The van der Waals surface area contributed by atoms with E-state index in [4.69, 9.17) is 0 Å². The van der Waals surface area contributed by atoms with Gasteiger partial charge in [0.2, 0.25) is 11.1 Å². The highest BCUT2D eigenvalue weighted by molar-refractivity contribution is 8.02. The highest BCUT2D eigenvalue weighted by Gasteiger charge is 2.24. The molecule has 0 saturated carbocycles. The Bertz CT molecular complexity index is 927. The molecule has 0 fully saturated rings. The lowest BCUT2D eigenvalue weighted by Crippen LogP contribution is -2.19. The van der Waals surface area contributed by atoms with Gasteiger partial charge < -0.3 is 5.32 Å². The first-order chi connectivity index (χ1) is 13.1. The van der Waals surface area contributed by atoms with E-state index in [1.165, 1.54) is 42.0 Å². The topological polar surface area (TPSA) is 72.0 Å². The van der Waals surface area contributed by atoms with E-state index in [1.807, 2.05) is 36.6 Å². The Morgan fingerprint density at radius 3 is 2.37 bits per heavy atom. The number of Topliss-reactive ketones (excluding diaryl/α,β-unsaturated/α-hetero) is 1. The van der Waals surface area contributed by atoms with Crippen molar-refractivity contribution in [1.29, 1.82) is 0 Å². The summed E-state index contributed by atoms with van der Waals surface area (Å²) in [5.74, 6) is -0.158. The van der Waals surface area contributed by atoms with Crippen LogP contribution in [0.1, 0.15) is 28.1 Å². The summed E-state index contributed by atoms with van der Waals surface area (Å²) in [4.78, 5) is 28.8. The van der Waals surface area contributed by atoms with Gasteiger partial charge in [0, 0.05) is 11.3 Å². The molecule has 0 spiro atoms. The third-order valence-corrected chi connectivity index (χ3v) is 6.39. The number of carbonyl (C=O) groups excluding carboxylic acids is 2. The van der Waals surface area contributed by atoms with E-state index >= 15 is 0 Å². The molecule has 1 unspecified atom stereocenters. The average molecular weight is 416 g/mol. The number of carbonyl (C=O) groups is 2. The Kier molecular flexibility index (Phi) is 6.65. The zero-order valence-electron chi connectivity index (χ0n) is 14.7. The third kappa shape index (κ3) is 5.18. The van der Waals surface area contributed by atoms with E-state index < -0.39 is 5.25 Å². The zero-order chi connectivity index (χ0) is 19.2. The fourth-order valence-corrected chi connectivity index (χ4v) is 4.73. The normalized spacial score (nSPS) is 11.8. The van der Waals surface area contributed by atoms with Gasteiger partial charge in [-0.2, -0.15) is 4.37 Å². The van der Waals surface area contributed by atoms with Gasteiger partial charge in [0.05, 0.1) is 0 Å². The highest BCUT2D eigenvalue weighted by atomic mass is 32.2. The molecule has 0 bridgehead atoms. The number of anilines is 1. The van der Waals surface area contributed by atoms with Crippen molar-refractivity contribution in [3.8, 4) is 0 Å². The van der Waals surface area contributed by atoms with E-state index in [0.717, 1.165) is 9.90 Å². The van der Waals surface area contributed by atoms with Crippen molar-refractivity contribution in [3.05, 3.63) is 65.7 Å². The molecule has 2 aromatic carbocycles. The zero-order valence-corrected chi connectivity index (χ0v) is 17.2. The second kappa shape index (κ2) is 9.16. The van der Waals surface area contributed by atoms with Gasteiger partial charge in [0.25, 0.3) is 0 Å². The van der Waals surface area contributed by atoms with Crippen LogP contribution in [-0.4, -0.2) is 27.3 Å². The largest absolute Gasteiger partial charge is 0.325 e. The van der Waals surface area contributed by atoms with Gasteiger partial charge in [-0.15, -0.1) is 0 Å². The number of ketones is 1. The van der Waals surface area contributed by atoms with Crippen LogP contribution in [0.5, 0.6) is 0 Å². The van der Waals surface area contributed by atoms with Crippen LogP contribution in [0.3, 0.4) is 0 Å². The van der Waals surface area contributed by atoms with Gasteiger partial charge in [-0.25, -0.2) is 4.98 Å². The number of thioether (sulfide) groups is 2. The van der Waals surface area contributed by atoms with Crippen LogP contribution in [-0.2, 0) is 4.79 Å². The van der Waals surface area contributed by atoms with Crippen molar-refractivity contribution in [3.63, 3.8) is 0 Å². The molecule has 0 radical (unpaired) electrons.